The van der Waals surface area contributed by atoms with Crippen molar-refractivity contribution >= 4 is 56.5 Å². The van der Waals surface area contributed by atoms with E-state index in [1.165, 1.54) is 28.2 Å². The Morgan fingerprint density at radius 2 is 1.89 bits per heavy atom. The fraction of sp³-hybridized carbons (Fsp3) is 0.278. The zero-order valence-electron chi connectivity index (χ0n) is 15.3. The highest BCUT2D eigenvalue weighted by molar-refractivity contribution is 8.00. The van der Waals surface area contributed by atoms with Crippen molar-refractivity contribution in [3.05, 3.63) is 47.0 Å². The number of carbonyl (C=O) groups is 2. The van der Waals surface area contributed by atoms with Crippen LogP contribution in [-0.2, 0) is 21.8 Å². The fourth-order valence-corrected chi connectivity index (χ4v) is 4.50. The van der Waals surface area contributed by atoms with E-state index in [9.17, 15) is 9.59 Å². The lowest BCUT2D eigenvalue weighted by atomic mass is 10.2. The molecule has 0 aliphatic carbocycles. The number of benzene rings is 1. The zero-order valence-corrected chi connectivity index (χ0v) is 17.8. The van der Waals surface area contributed by atoms with Gasteiger partial charge in [0.15, 0.2) is 9.47 Å². The van der Waals surface area contributed by atoms with Gasteiger partial charge in [-0.15, -0.1) is 21.5 Å². The molecule has 0 fully saturated rings. The van der Waals surface area contributed by atoms with E-state index in [0.29, 0.717) is 16.0 Å². The molecule has 0 bridgehead atoms. The number of nitrogens with zero attached hydrogens (tertiary/aromatic N) is 3. The minimum atomic E-state index is -0.220. The number of carbonyl (C=O) groups excluding carboxylic acids is 2. The minimum Gasteiger partial charge on any atom is -0.302 e. The van der Waals surface area contributed by atoms with Gasteiger partial charge < -0.3 is 10.6 Å². The second kappa shape index (κ2) is 9.76. The summed E-state index contributed by atoms with van der Waals surface area (Å²) in [6, 6.07) is 10.1. The average molecular weight is 434 g/mol. The van der Waals surface area contributed by atoms with E-state index in [1.807, 2.05) is 32.0 Å². The zero-order chi connectivity index (χ0) is 19.9. The minimum absolute atomic E-state index is 0.0975. The summed E-state index contributed by atoms with van der Waals surface area (Å²) in [5, 5.41) is 16.3. The van der Waals surface area contributed by atoms with E-state index < -0.39 is 0 Å². The van der Waals surface area contributed by atoms with E-state index in [-0.39, 0.29) is 24.2 Å². The monoisotopic (exact) mass is 433 g/mol. The normalized spacial score (nSPS) is 10.8. The highest BCUT2D eigenvalue weighted by Gasteiger charge is 2.13. The van der Waals surface area contributed by atoms with E-state index in [0.717, 1.165) is 10.1 Å². The van der Waals surface area contributed by atoms with Gasteiger partial charge in [0.05, 0.1) is 12.1 Å². The number of thiazole rings is 1. The van der Waals surface area contributed by atoms with Crippen LogP contribution in [0.1, 0.15) is 25.1 Å². The first kappa shape index (κ1) is 20.4. The Kier molecular flexibility index (Phi) is 7.12. The van der Waals surface area contributed by atoms with Crippen LogP contribution in [0.3, 0.4) is 0 Å². The molecule has 3 rings (SSSR count). The summed E-state index contributed by atoms with van der Waals surface area (Å²) in [5.74, 6) is 0.358. The smallest absolute Gasteiger partial charge is 0.232 e. The van der Waals surface area contributed by atoms with Gasteiger partial charge in [-0.3, -0.25) is 9.59 Å². The van der Waals surface area contributed by atoms with Crippen molar-refractivity contribution in [1.82, 2.24) is 15.2 Å². The van der Waals surface area contributed by atoms with Crippen LogP contribution in [-0.4, -0.2) is 27.0 Å². The van der Waals surface area contributed by atoms with Crippen molar-refractivity contribution in [2.45, 2.75) is 30.4 Å². The second-order valence-electron chi connectivity index (χ2n) is 6.16. The molecule has 1 aromatic carbocycles. The van der Waals surface area contributed by atoms with Crippen LogP contribution >= 0.6 is 34.4 Å². The third-order valence-electron chi connectivity index (χ3n) is 3.51. The van der Waals surface area contributed by atoms with Crippen molar-refractivity contribution in [2.24, 2.45) is 5.92 Å². The second-order valence-corrected chi connectivity index (χ2v) is 9.22. The predicted octanol–water partition coefficient (Wildman–Crippen LogP) is 4.06. The highest BCUT2D eigenvalue weighted by Crippen LogP contribution is 2.28. The van der Waals surface area contributed by atoms with Crippen molar-refractivity contribution < 1.29 is 9.59 Å². The van der Waals surface area contributed by atoms with Gasteiger partial charge in [0.2, 0.25) is 16.9 Å². The molecular formula is C18H19N5O2S3. The molecule has 0 saturated carbocycles. The molecule has 0 aliphatic heterocycles. The standard InChI is InChI=1S/C18H19N5O2S3/c1-11(2)15(25)21-16-19-13(10-26-16)8-14(24)20-17-22-23-18(28-17)27-9-12-6-4-3-5-7-12/h3-7,10-11H,8-9H2,1-2H3,(H,19,21,25)(H,20,22,24). The summed E-state index contributed by atoms with van der Waals surface area (Å²) in [7, 11) is 0. The highest BCUT2D eigenvalue weighted by atomic mass is 32.2. The lowest BCUT2D eigenvalue weighted by molar-refractivity contribution is -0.119. The van der Waals surface area contributed by atoms with Crippen LogP contribution in [0.15, 0.2) is 40.1 Å². The topological polar surface area (TPSA) is 96.9 Å². The van der Waals surface area contributed by atoms with Gasteiger partial charge in [-0.25, -0.2) is 4.98 Å². The Morgan fingerprint density at radius 1 is 1.11 bits per heavy atom. The average Bonchev–Trinajstić information content (AvgIpc) is 3.30. The maximum Gasteiger partial charge on any atom is 0.232 e. The molecule has 2 aromatic heterocycles. The molecule has 2 heterocycles. The SMILES string of the molecule is CC(C)C(=O)Nc1nc(CC(=O)Nc2nnc(SCc3ccccc3)s2)cs1. The molecule has 2 N–H and O–H groups in total. The third-order valence-corrected chi connectivity index (χ3v) is 6.36. The van der Waals surface area contributed by atoms with Crippen molar-refractivity contribution in [1.29, 1.82) is 0 Å². The van der Waals surface area contributed by atoms with Crippen LogP contribution in [0, 0.1) is 5.92 Å². The van der Waals surface area contributed by atoms with Crippen LogP contribution in [0.5, 0.6) is 0 Å². The first-order chi connectivity index (χ1) is 13.5. The first-order valence-electron chi connectivity index (χ1n) is 8.55. The first-order valence-corrected chi connectivity index (χ1v) is 11.2. The summed E-state index contributed by atoms with van der Waals surface area (Å²) in [5.41, 5.74) is 1.81. The van der Waals surface area contributed by atoms with Gasteiger partial charge in [0, 0.05) is 17.1 Å². The molecule has 2 amide bonds. The van der Waals surface area contributed by atoms with Crippen LogP contribution < -0.4 is 10.6 Å². The molecule has 0 spiro atoms. The molecule has 0 aliphatic rings. The van der Waals surface area contributed by atoms with E-state index in [1.54, 1.807) is 17.1 Å². The van der Waals surface area contributed by atoms with Crippen LogP contribution in [0.25, 0.3) is 0 Å². The summed E-state index contributed by atoms with van der Waals surface area (Å²) < 4.78 is 0.798. The number of hydrogen-bond acceptors (Lipinski definition) is 8. The Bertz CT molecular complexity index is 940. The van der Waals surface area contributed by atoms with Crippen LogP contribution in [0.4, 0.5) is 10.3 Å². The fourth-order valence-electron chi connectivity index (χ4n) is 2.06. The van der Waals surface area contributed by atoms with Gasteiger partial charge in [-0.2, -0.15) is 0 Å². The maximum atomic E-state index is 12.2. The summed E-state index contributed by atoms with van der Waals surface area (Å²) in [6.45, 7) is 3.62. The van der Waals surface area contributed by atoms with Gasteiger partial charge in [0.25, 0.3) is 0 Å². The summed E-state index contributed by atoms with van der Waals surface area (Å²) in [6.07, 6.45) is 0.111. The maximum absolute atomic E-state index is 12.2. The number of anilines is 2. The molecular weight excluding hydrogens is 414 g/mol. The number of rotatable bonds is 8. The van der Waals surface area contributed by atoms with Gasteiger partial charge in [-0.1, -0.05) is 67.3 Å². The number of thioether (sulfide) groups is 1. The molecule has 3 aromatic rings. The van der Waals surface area contributed by atoms with Gasteiger partial charge in [0.1, 0.15) is 0 Å². The van der Waals surface area contributed by atoms with E-state index in [2.05, 4.69) is 37.9 Å². The largest absolute Gasteiger partial charge is 0.302 e. The molecule has 0 saturated heterocycles. The third kappa shape index (κ3) is 6.11. The number of nitrogens with one attached hydrogen (secondary N) is 2. The lowest BCUT2D eigenvalue weighted by Gasteiger charge is -2.03. The van der Waals surface area contributed by atoms with E-state index in [4.69, 9.17) is 0 Å². The van der Waals surface area contributed by atoms with Gasteiger partial charge >= 0.3 is 0 Å². The lowest BCUT2D eigenvalue weighted by Crippen LogP contribution is -2.18. The Labute approximate surface area is 175 Å². The summed E-state index contributed by atoms with van der Waals surface area (Å²) in [4.78, 5) is 28.2. The van der Waals surface area contributed by atoms with Gasteiger partial charge in [-0.05, 0) is 5.56 Å². The summed E-state index contributed by atoms with van der Waals surface area (Å²) >= 11 is 4.22. The van der Waals surface area contributed by atoms with Crippen molar-refractivity contribution in [3.8, 4) is 0 Å². The van der Waals surface area contributed by atoms with Crippen molar-refractivity contribution in [2.75, 3.05) is 10.6 Å². The molecule has 0 radical (unpaired) electrons. The Hall–Kier alpha value is -2.30. The number of hydrogen-bond donors (Lipinski definition) is 2. The number of amides is 2. The number of aromatic nitrogens is 3. The van der Waals surface area contributed by atoms with E-state index >= 15 is 0 Å². The molecule has 7 nitrogen and oxygen atoms in total. The molecule has 28 heavy (non-hydrogen) atoms. The predicted molar refractivity (Wildman–Crippen MR) is 114 cm³/mol. The van der Waals surface area contributed by atoms with Crippen molar-refractivity contribution in [3.63, 3.8) is 0 Å². The Morgan fingerprint density at radius 3 is 2.64 bits per heavy atom. The molecule has 146 valence electrons. The Balaban J connectivity index is 1.48. The molecule has 0 atom stereocenters. The molecule has 10 heteroatoms. The quantitative estimate of drug-likeness (QED) is 0.411. The molecule has 0 unspecified atom stereocenters. The van der Waals surface area contributed by atoms with Crippen LogP contribution in [0.2, 0.25) is 0 Å².